The SMILES string of the molecule is O=C(COc1ccc([N+](=O)[O-])cc1)NC(C(=O)O)c1ccccc1. The van der Waals surface area contributed by atoms with E-state index in [1.807, 2.05) is 0 Å². The van der Waals surface area contributed by atoms with Crippen LogP contribution in [0.25, 0.3) is 0 Å². The molecule has 0 aliphatic rings. The van der Waals surface area contributed by atoms with Gasteiger partial charge >= 0.3 is 5.97 Å². The molecule has 2 aromatic carbocycles. The Hall–Kier alpha value is -3.42. The Balaban J connectivity index is 1.94. The largest absolute Gasteiger partial charge is 0.484 e. The van der Waals surface area contributed by atoms with E-state index >= 15 is 0 Å². The lowest BCUT2D eigenvalue weighted by Crippen LogP contribution is -2.36. The van der Waals surface area contributed by atoms with Gasteiger partial charge in [-0.3, -0.25) is 14.9 Å². The average molecular weight is 330 g/mol. The van der Waals surface area contributed by atoms with E-state index in [2.05, 4.69) is 5.32 Å². The number of hydrogen-bond acceptors (Lipinski definition) is 5. The molecule has 2 N–H and O–H groups in total. The van der Waals surface area contributed by atoms with E-state index in [1.165, 1.54) is 24.3 Å². The maximum Gasteiger partial charge on any atom is 0.330 e. The number of ether oxygens (including phenoxy) is 1. The van der Waals surface area contributed by atoms with Crippen LogP contribution in [0.15, 0.2) is 54.6 Å². The number of aliphatic carboxylic acids is 1. The normalized spacial score (nSPS) is 11.3. The van der Waals surface area contributed by atoms with Gasteiger partial charge in [0, 0.05) is 12.1 Å². The molecule has 8 nitrogen and oxygen atoms in total. The molecular weight excluding hydrogens is 316 g/mol. The van der Waals surface area contributed by atoms with Gasteiger partial charge in [-0.05, 0) is 17.7 Å². The Labute approximate surface area is 136 Å². The first kappa shape index (κ1) is 16.9. The molecule has 2 aromatic rings. The number of carbonyl (C=O) groups excluding carboxylic acids is 1. The zero-order valence-corrected chi connectivity index (χ0v) is 12.4. The minimum atomic E-state index is -1.19. The topological polar surface area (TPSA) is 119 Å². The Morgan fingerprint density at radius 1 is 1.12 bits per heavy atom. The number of hydrogen-bond donors (Lipinski definition) is 2. The highest BCUT2D eigenvalue weighted by atomic mass is 16.6. The van der Waals surface area contributed by atoms with Gasteiger partial charge in [-0.1, -0.05) is 30.3 Å². The molecular formula is C16H14N2O6. The van der Waals surface area contributed by atoms with E-state index in [1.54, 1.807) is 30.3 Å². The summed E-state index contributed by atoms with van der Waals surface area (Å²) in [4.78, 5) is 33.2. The van der Waals surface area contributed by atoms with E-state index in [0.29, 0.717) is 5.56 Å². The Kier molecular flexibility index (Phi) is 5.45. The van der Waals surface area contributed by atoms with E-state index in [9.17, 15) is 24.8 Å². The maximum absolute atomic E-state index is 11.9. The van der Waals surface area contributed by atoms with Crippen LogP contribution in [-0.4, -0.2) is 28.5 Å². The number of carbonyl (C=O) groups is 2. The average Bonchev–Trinajstić information content (AvgIpc) is 2.58. The molecule has 1 atom stereocenters. The number of nitro groups is 1. The third-order valence-electron chi connectivity index (χ3n) is 3.10. The fraction of sp³-hybridized carbons (Fsp3) is 0.125. The number of carboxylic acids is 1. The van der Waals surface area contributed by atoms with Gasteiger partial charge in [0.05, 0.1) is 4.92 Å². The first-order chi connectivity index (χ1) is 11.5. The molecule has 1 unspecified atom stereocenters. The second-order valence-electron chi connectivity index (χ2n) is 4.79. The molecule has 0 aliphatic carbocycles. The minimum Gasteiger partial charge on any atom is -0.484 e. The molecule has 0 aromatic heterocycles. The fourth-order valence-electron chi connectivity index (χ4n) is 1.95. The molecule has 124 valence electrons. The summed E-state index contributed by atoms with van der Waals surface area (Å²) in [6.45, 7) is -0.408. The summed E-state index contributed by atoms with van der Waals surface area (Å²) in [7, 11) is 0. The van der Waals surface area contributed by atoms with Crippen LogP contribution in [0.2, 0.25) is 0 Å². The van der Waals surface area contributed by atoms with Crippen molar-refractivity contribution in [1.29, 1.82) is 0 Å². The zero-order chi connectivity index (χ0) is 17.5. The maximum atomic E-state index is 11.9. The van der Waals surface area contributed by atoms with E-state index in [-0.39, 0.29) is 11.4 Å². The number of amides is 1. The molecule has 0 spiro atoms. The fourth-order valence-corrected chi connectivity index (χ4v) is 1.95. The molecule has 24 heavy (non-hydrogen) atoms. The highest BCUT2D eigenvalue weighted by molar-refractivity contribution is 5.85. The Morgan fingerprint density at radius 2 is 1.75 bits per heavy atom. The molecule has 0 heterocycles. The number of nitro benzene ring substituents is 1. The minimum absolute atomic E-state index is 0.0955. The molecule has 1 amide bonds. The smallest absolute Gasteiger partial charge is 0.330 e. The van der Waals surface area contributed by atoms with Crippen molar-refractivity contribution in [3.05, 3.63) is 70.3 Å². The van der Waals surface area contributed by atoms with Gasteiger partial charge in [-0.15, -0.1) is 0 Å². The second-order valence-corrected chi connectivity index (χ2v) is 4.79. The number of benzene rings is 2. The molecule has 2 rings (SSSR count). The van der Waals surface area contributed by atoms with Gasteiger partial charge in [0.15, 0.2) is 12.6 Å². The van der Waals surface area contributed by atoms with Gasteiger partial charge in [-0.25, -0.2) is 4.79 Å². The molecule has 0 bridgehead atoms. The zero-order valence-electron chi connectivity index (χ0n) is 12.4. The monoisotopic (exact) mass is 330 g/mol. The highest BCUT2D eigenvalue weighted by Crippen LogP contribution is 2.17. The Bertz CT molecular complexity index is 730. The predicted octanol–water partition coefficient (Wildman–Crippen LogP) is 1.92. The lowest BCUT2D eigenvalue weighted by molar-refractivity contribution is -0.384. The molecule has 0 radical (unpaired) electrons. The summed E-state index contributed by atoms with van der Waals surface area (Å²) in [5.41, 5.74) is 0.343. The van der Waals surface area contributed by atoms with E-state index in [4.69, 9.17) is 4.74 Å². The molecule has 0 aliphatic heterocycles. The quantitative estimate of drug-likeness (QED) is 0.591. The first-order valence-corrected chi connectivity index (χ1v) is 6.92. The van der Waals surface area contributed by atoms with Crippen LogP contribution in [0.1, 0.15) is 11.6 Å². The predicted molar refractivity (Wildman–Crippen MR) is 83.6 cm³/mol. The lowest BCUT2D eigenvalue weighted by Gasteiger charge is -2.15. The summed E-state index contributed by atoms with van der Waals surface area (Å²) in [6, 6.07) is 12.3. The van der Waals surface area contributed by atoms with Crippen LogP contribution in [-0.2, 0) is 9.59 Å². The van der Waals surface area contributed by atoms with Gasteiger partial charge in [0.25, 0.3) is 11.6 Å². The van der Waals surface area contributed by atoms with Gasteiger partial charge in [0.2, 0.25) is 0 Å². The van der Waals surface area contributed by atoms with Crippen molar-refractivity contribution >= 4 is 17.6 Å². The Morgan fingerprint density at radius 3 is 2.29 bits per heavy atom. The summed E-state index contributed by atoms with van der Waals surface area (Å²) in [5, 5.41) is 22.1. The third kappa shape index (κ3) is 4.54. The van der Waals surface area contributed by atoms with Crippen molar-refractivity contribution in [2.75, 3.05) is 6.61 Å². The van der Waals surface area contributed by atoms with Crippen LogP contribution in [0.4, 0.5) is 5.69 Å². The van der Waals surface area contributed by atoms with Gasteiger partial charge < -0.3 is 15.2 Å². The lowest BCUT2D eigenvalue weighted by atomic mass is 10.1. The summed E-state index contributed by atoms with van der Waals surface area (Å²) >= 11 is 0. The van der Waals surface area contributed by atoms with Crippen molar-refractivity contribution < 1.29 is 24.4 Å². The molecule has 0 fully saturated rings. The number of non-ortho nitro benzene ring substituents is 1. The highest BCUT2D eigenvalue weighted by Gasteiger charge is 2.21. The van der Waals surface area contributed by atoms with Crippen LogP contribution >= 0.6 is 0 Å². The molecule has 0 saturated heterocycles. The van der Waals surface area contributed by atoms with Gasteiger partial charge in [-0.2, -0.15) is 0 Å². The van der Waals surface area contributed by atoms with Crippen molar-refractivity contribution in [2.45, 2.75) is 6.04 Å². The van der Waals surface area contributed by atoms with Crippen molar-refractivity contribution in [1.82, 2.24) is 5.32 Å². The first-order valence-electron chi connectivity index (χ1n) is 6.92. The van der Waals surface area contributed by atoms with Crippen LogP contribution in [0, 0.1) is 10.1 Å². The van der Waals surface area contributed by atoms with Gasteiger partial charge in [0.1, 0.15) is 5.75 Å². The van der Waals surface area contributed by atoms with Crippen LogP contribution < -0.4 is 10.1 Å². The summed E-state index contributed by atoms with van der Waals surface area (Å²) < 4.78 is 5.19. The standard InChI is InChI=1S/C16H14N2O6/c19-14(10-24-13-8-6-12(7-9-13)18(22)23)17-15(16(20)21)11-4-2-1-3-5-11/h1-9,15H,10H2,(H,17,19)(H,20,21). The third-order valence-corrected chi connectivity index (χ3v) is 3.10. The van der Waals surface area contributed by atoms with E-state index in [0.717, 1.165) is 0 Å². The number of rotatable bonds is 7. The summed E-state index contributed by atoms with van der Waals surface area (Å²) in [6.07, 6.45) is 0. The second kappa shape index (κ2) is 7.73. The molecule has 8 heteroatoms. The number of nitrogens with zero attached hydrogens (tertiary/aromatic N) is 1. The van der Waals surface area contributed by atoms with E-state index < -0.39 is 29.4 Å². The van der Waals surface area contributed by atoms with Crippen molar-refractivity contribution in [3.63, 3.8) is 0 Å². The number of nitrogens with one attached hydrogen (secondary N) is 1. The van der Waals surface area contributed by atoms with Crippen LogP contribution in [0.3, 0.4) is 0 Å². The number of carboxylic acid groups (broad SMARTS) is 1. The van der Waals surface area contributed by atoms with Crippen molar-refractivity contribution in [2.24, 2.45) is 0 Å². The van der Waals surface area contributed by atoms with Crippen LogP contribution in [0.5, 0.6) is 5.75 Å². The van der Waals surface area contributed by atoms with Crippen molar-refractivity contribution in [3.8, 4) is 5.75 Å². The molecule has 0 saturated carbocycles. The summed E-state index contributed by atoms with van der Waals surface area (Å²) in [5.74, 6) is -1.54.